The second kappa shape index (κ2) is 5.60. The predicted octanol–water partition coefficient (Wildman–Crippen LogP) is 3.37. The van der Waals surface area contributed by atoms with Gasteiger partial charge in [0.05, 0.1) is 12.0 Å². The Morgan fingerprint density at radius 2 is 2.45 bits per heavy atom. The lowest BCUT2D eigenvalue weighted by Gasteiger charge is -2.26. The molecular formula is C15H19ClN2O2. The second-order valence-electron chi connectivity index (χ2n) is 5.49. The highest BCUT2D eigenvalue weighted by Gasteiger charge is 2.51. The Kier molecular flexibility index (Phi) is 3.83. The molecule has 3 heterocycles. The average Bonchev–Trinajstić information content (AvgIpc) is 3.05. The van der Waals surface area contributed by atoms with Crippen molar-refractivity contribution in [2.75, 3.05) is 6.61 Å². The zero-order chi connectivity index (χ0) is 14.1. The van der Waals surface area contributed by atoms with Crippen molar-refractivity contribution in [1.29, 1.82) is 0 Å². The second-order valence-corrected chi connectivity index (χ2v) is 5.96. The standard InChI is InChI=1S/C15H19ClN2O2/c1-2-20-15(19)18-11-5-6-13(18)12(8-11)14(16)10-4-3-7-17-9-10/h3-4,7,9,11-14H,2,5-6,8H2,1H3. The molecule has 0 radical (unpaired) electrons. The maximum atomic E-state index is 12.1. The van der Waals surface area contributed by atoms with Gasteiger partial charge in [-0.2, -0.15) is 0 Å². The predicted molar refractivity (Wildman–Crippen MR) is 76.6 cm³/mol. The highest BCUT2D eigenvalue weighted by Crippen LogP contribution is 2.49. The normalized spacial score (nSPS) is 29.5. The highest BCUT2D eigenvalue weighted by atomic mass is 35.5. The first-order valence-electron chi connectivity index (χ1n) is 7.21. The lowest BCUT2D eigenvalue weighted by molar-refractivity contribution is 0.0988. The van der Waals surface area contributed by atoms with E-state index in [0.717, 1.165) is 24.8 Å². The molecule has 1 aromatic rings. The number of hydrogen-bond donors (Lipinski definition) is 0. The third-order valence-electron chi connectivity index (χ3n) is 4.44. The minimum absolute atomic E-state index is 0.0871. The maximum absolute atomic E-state index is 12.1. The highest BCUT2D eigenvalue weighted by molar-refractivity contribution is 6.21. The number of carbonyl (C=O) groups is 1. The zero-order valence-corrected chi connectivity index (χ0v) is 12.3. The van der Waals surface area contributed by atoms with Crippen molar-refractivity contribution < 1.29 is 9.53 Å². The molecule has 3 rings (SSSR count). The van der Waals surface area contributed by atoms with Gasteiger partial charge in [0, 0.05) is 30.4 Å². The molecule has 5 heteroatoms. The number of carbonyl (C=O) groups excluding carboxylic acids is 1. The third-order valence-corrected chi connectivity index (χ3v) is 5.02. The summed E-state index contributed by atoms with van der Waals surface area (Å²) in [7, 11) is 0. The summed E-state index contributed by atoms with van der Waals surface area (Å²) in [5.74, 6) is 0.295. The smallest absolute Gasteiger partial charge is 0.410 e. The summed E-state index contributed by atoms with van der Waals surface area (Å²) in [5.41, 5.74) is 1.04. The SMILES string of the molecule is CCOC(=O)N1C2CCC1C(C(Cl)c1cccnc1)C2. The number of amides is 1. The van der Waals surface area contributed by atoms with E-state index in [-0.39, 0.29) is 17.5 Å². The van der Waals surface area contributed by atoms with E-state index >= 15 is 0 Å². The molecule has 4 unspecified atom stereocenters. The Morgan fingerprint density at radius 3 is 3.15 bits per heavy atom. The van der Waals surface area contributed by atoms with Gasteiger partial charge in [-0.25, -0.2) is 4.79 Å². The van der Waals surface area contributed by atoms with Crippen molar-refractivity contribution in [3.8, 4) is 0 Å². The van der Waals surface area contributed by atoms with Gasteiger partial charge in [0.25, 0.3) is 0 Å². The molecule has 4 nitrogen and oxygen atoms in total. The Morgan fingerprint density at radius 1 is 1.60 bits per heavy atom. The van der Waals surface area contributed by atoms with E-state index in [1.807, 2.05) is 30.2 Å². The van der Waals surface area contributed by atoms with Gasteiger partial charge >= 0.3 is 6.09 Å². The van der Waals surface area contributed by atoms with Gasteiger partial charge in [-0.1, -0.05) is 6.07 Å². The van der Waals surface area contributed by atoms with E-state index in [1.165, 1.54) is 0 Å². The van der Waals surface area contributed by atoms with E-state index < -0.39 is 0 Å². The number of pyridine rings is 1. The van der Waals surface area contributed by atoms with E-state index in [9.17, 15) is 4.79 Å². The zero-order valence-electron chi connectivity index (χ0n) is 11.5. The molecular weight excluding hydrogens is 276 g/mol. The van der Waals surface area contributed by atoms with Crippen molar-refractivity contribution in [2.45, 2.75) is 43.6 Å². The molecule has 0 aromatic carbocycles. The number of rotatable bonds is 3. The molecule has 108 valence electrons. The summed E-state index contributed by atoms with van der Waals surface area (Å²) >= 11 is 6.63. The van der Waals surface area contributed by atoms with Crippen LogP contribution in [0, 0.1) is 5.92 Å². The van der Waals surface area contributed by atoms with E-state index in [1.54, 1.807) is 6.20 Å². The molecule has 1 aromatic heterocycles. The first-order chi connectivity index (χ1) is 9.72. The van der Waals surface area contributed by atoms with E-state index in [0.29, 0.717) is 18.6 Å². The van der Waals surface area contributed by atoms with Crippen LogP contribution < -0.4 is 0 Å². The molecule has 4 atom stereocenters. The third kappa shape index (κ3) is 2.26. The Bertz CT molecular complexity index is 482. The number of fused-ring (bicyclic) bond motifs is 2. The van der Waals surface area contributed by atoms with Crippen molar-refractivity contribution >= 4 is 17.7 Å². The van der Waals surface area contributed by atoms with Crippen molar-refractivity contribution in [3.63, 3.8) is 0 Å². The lowest BCUT2D eigenvalue weighted by Crippen LogP contribution is -2.37. The topological polar surface area (TPSA) is 42.4 Å². The van der Waals surface area contributed by atoms with Gasteiger partial charge in [0.1, 0.15) is 0 Å². The van der Waals surface area contributed by atoms with Gasteiger partial charge in [0.15, 0.2) is 0 Å². The quantitative estimate of drug-likeness (QED) is 0.803. The average molecular weight is 295 g/mol. The monoisotopic (exact) mass is 294 g/mol. The van der Waals surface area contributed by atoms with Crippen molar-refractivity contribution in [2.24, 2.45) is 5.92 Å². The van der Waals surface area contributed by atoms with Gasteiger partial charge in [-0.05, 0) is 37.8 Å². The van der Waals surface area contributed by atoms with Crippen molar-refractivity contribution in [1.82, 2.24) is 9.88 Å². The van der Waals surface area contributed by atoms with Crippen LogP contribution in [-0.2, 0) is 4.74 Å². The minimum atomic E-state index is -0.183. The van der Waals surface area contributed by atoms with Crippen LogP contribution in [-0.4, -0.2) is 34.7 Å². The molecule has 1 amide bonds. The molecule has 2 aliphatic rings. The molecule has 2 fully saturated rings. The van der Waals surface area contributed by atoms with Crippen LogP contribution in [0.4, 0.5) is 4.79 Å². The van der Waals surface area contributed by atoms with Gasteiger partial charge < -0.3 is 9.64 Å². The van der Waals surface area contributed by atoms with Gasteiger partial charge in [-0.3, -0.25) is 4.98 Å². The maximum Gasteiger partial charge on any atom is 0.410 e. The Hall–Kier alpha value is -1.29. The fraction of sp³-hybridized carbons (Fsp3) is 0.600. The van der Waals surface area contributed by atoms with E-state index in [4.69, 9.17) is 16.3 Å². The van der Waals surface area contributed by atoms with Gasteiger partial charge in [-0.15, -0.1) is 11.6 Å². The lowest BCUT2D eigenvalue weighted by atomic mass is 9.84. The first-order valence-corrected chi connectivity index (χ1v) is 7.65. The summed E-state index contributed by atoms with van der Waals surface area (Å²) in [4.78, 5) is 18.1. The minimum Gasteiger partial charge on any atom is -0.450 e. The van der Waals surface area contributed by atoms with Crippen molar-refractivity contribution in [3.05, 3.63) is 30.1 Å². The number of halogens is 1. The summed E-state index contributed by atoms with van der Waals surface area (Å²) in [6.07, 6.45) is 6.44. The molecule has 0 spiro atoms. The molecule has 20 heavy (non-hydrogen) atoms. The summed E-state index contributed by atoms with van der Waals surface area (Å²) in [6, 6.07) is 4.41. The van der Waals surface area contributed by atoms with Gasteiger partial charge in [0.2, 0.25) is 0 Å². The number of alkyl halides is 1. The molecule has 0 N–H and O–H groups in total. The van der Waals surface area contributed by atoms with Crippen LogP contribution in [0.15, 0.2) is 24.5 Å². The number of ether oxygens (including phenoxy) is 1. The molecule has 2 saturated heterocycles. The van der Waals surface area contributed by atoms with Crippen LogP contribution >= 0.6 is 11.6 Å². The number of hydrogen-bond acceptors (Lipinski definition) is 3. The Labute approximate surface area is 124 Å². The first kappa shape index (κ1) is 13.7. The summed E-state index contributed by atoms with van der Waals surface area (Å²) < 4.78 is 5.17. The van der Waals surface area contributed by atoms with E-state index in [2.05, 4.69) is 4.98 Å². The summed E-state index contributed by atoms with van der Waals surface area (Å²) in [6.45, 7) is 2.26. The largest absolute Gasteiger partial charge is 0.450 e. The Balaban J connectivity index is 1.76. The number of aromatic nitrogens is 1. The summed E-state index contributed by atoms with van der Waals surface area (Å²) in [5, 5.41) is -0.0871. The molecule has 2 bridgehead atoms. The fourth-order valence-electron chi connectivity index (χ4n) is 3.62. The van der Waals surface area contributed by atoms with Crippen LogP contribution in [0.3, 0.4) is 0 Å². The molecule has 2 aliphatic heterocycles. The van der Waals surface area contributed by atoms with Crippen LogP contribution in [0.25, 0.3) is 0 Å². The number of nitrogens with zero attached hydrogens (tertiary/aromatic N) is 2. The fourth-order valence-corrected chi connectivity index (χ4v) is 4.02. The molecule has 0 saturated carbocycles. The van der Waals surface area contributed by atoms with Crippen LogP contribution in [0.1, 0.15) is 37.1 Å². The van der Waals surface area contributed by atoms with Crippen LogP contribution in [0.5, 0.6) is 0 Å². The molecule has 0 aliphatic carbocycles. The van der Waals surface area contributed by atoms with Crippen LogP contribution in [0.2, 0.25) is 0 Å².